The maximum Gasteiger partial charge on any atom is 0.396 e. The molecule has 1 aromatic rings. The van der Waals surface area contributed by atoms with Gasteiger partial charge in [0.05, 0.1) is 6.61 Å². The monoisotopic (exact) mass is 265 g/mol. The minimum Gasteiger partial charge on any atom is -0.459 e. The quantitative estimate of drug-likeness (QED) is 0.638. The fourth-order valence-corrected chi connectivity index (χ4v) is 1.77. The number of benzene rings is 1. The topological polar surface area (TPSA) is 73.9 Å². The van der Waals surface area contributed by atoms with Crippen molar-refractivity contribution < 1.29 is 23.8 Å². The van der Waals surface area contributed by atoms with E-state index in [-0.39, 0.29) is 13.4 Å². The minimum atomic E-state index is -0.861. The molecule has 6 nitrogen and oxygen atoms in total. The van der Waals surface area contributed by atoms with E-state index >= 15 is 0 Å². The molecular weight excluding hydrogens is 250 g/mol. The largest absolute Gasteiger partial charge is 0.459 e. The van der Waals surface area contributed by atoms with Gasteiger partial charge in [0.25, 0.3) is 0 Å². The van der Waals surface area contributed by atoms with Gasteiger partial charge in [0, 0.05) is 6.54 Å². The maximum absolute atomic E-state index is 11.3. The molecule has 6 heteroatoms. The molecular formula is C13H15NO5. The van der Waals surface area contributed by atoms with Crippen molar-refractivity contribution in [3.05, 3.63) is 23.8 Å². The van der Waals surface area contributed by atoms with Gasteiger partial charge < -0.3 is 19.5 Å². The fourth-order valence-electron chi connectivity index (χ4n) is 1.77. The highest BCUT2D eigenvalue weighted by Crippen LogP contribution is 2.35. The van der Waals surface area contributed by atoms with Gasteiger partial charge in [-0.2, -0.15) is 0 Å². The highest BCUT2D eigenvalue weighted by molar-refractivity contribution is 6.32. The number of hydrogen-bond donors (Lipinski definition) is 1. The molecule has 1 amide bonds. The SMILES string of the molecule is CCOC(=O)C(=O)NCCc1cccc2c1OCO2. The number of fused-ring (bicyclic) bond motifs is 1. The molecule has 1 N–H and O–H groups in total. The highest BCUT2D eigenvalue weighted by atomic mass is 16.7. The van der Waals surface area contributed by atoms with Crippen LogP contribution in [0.4, 0.5) is 0 Å². The van der Waals surface area contributed by atoms with Crippen LogP contribution in [0.25, 0.3) is 0 Å². The molecule has 0 radical (unpaired) electrons. The summed E-state index contributed by atoms with van der Waals surface area (Å²) in [4.78, 5) is 22.4. The van der Waals surface area contributed by atoms with Crippen molar-refractivity contribution in [2.45, 2.75) is 13.3 Å². The molecule has 1 aliphatic heterocycles. The maximum atomic E-state index is 11.3. The van der Waals surface area contributed by atoms with Gasteiger partial charge in [-0.3, -0.25) is 4.79 Å². The molecule has 19 heavy (non-hydrogen) atoms. The molecule has 1 aliphatic rings. The lowest BCUT2D eigenvalue weighted by Gasteiger charge is -2.07. The van der Waals surface area contributed by atoms with Crippen LogP contribution in [-0.4, -0.2) is 31.8 Å². The Labute approximate surface area is 110 Å². The van der Waals surface area contributed by atoms with Crippen LogP contribution in [0.1, 0.15) is 12.5 Å². The second-order valence-corrected chi connectivity index (χ2v) is 3.88. The Kier molecular flexibility index (Phi) is 4.22. The number of ether oxygens (including phenoxy) is 3. The summed E-state index contributed by atoms with van der Waals surface area (Å²) in [6.07, 6.45) is 0.553. The lowest BCUT2D eigenvalue weighted by molar-refractivity contribution is -0.154. The highest BCUT2D eigenvalue weighted by Gasteiger charge is 2.18. The summed E-state index contributed by atoms with van der Waals surface area (Å²) in [6.45, 7) is 2.37. The molecule has 0 aromatic heterocycles. The van der Waals surface area contributed by atoms with E-state index in [4.69, 9.17) is 9.47 Å². The van der Waals surface area contributed by atoms with E-state index in [0.717, 1.165) is 5.56 Å². The summed E-state index contributed by atoms with van der Waals surface area (Å²) in [7, 11) is 0. The second-order valence-electron chi connectivity index (χ2n) is 3.88. The summed E-state index contributed by atoms with van der Waals surface area (Å²) in [5.74, 6) is -0.186. The third kappa shape index (κ3) is 3.15. The number of para-hydroxylation sites is 1. The van der Waals surface area contributed by atoms with Crippen molar-refractivity contribution in [1.29, 1.82) is 0 Å². The number of esters is 1. The molecule has 1 heterocycles. The molecule has 0 bridgehead atoms. The molecule has 2 rings (SSSR count). The van der Waals surface area contributed by atoms with E-state index in [0.29, 0.717) is 24.5 Å². The zero-order chi connectivity index (χ0) is 13.7. The first-order valence-corrected chi connectivity index (χ1v) is 6.04. The zero-order valence-corrected chi connectivity index (χ0v) is 10.6. The van der Waals surface area contributed by atoms with Gasteiger partial charge in [-0.15, -0.1) is 0 Å². The molecule has 0 unspecified atom stereocenters. The molecule has 0 saturated heterocycles. The van der Waals surface area contributed by atoms with Gasteiger partial charge in [-0.05, 0) is 25.0 Å². The standard InChI is InChI=1S/C13H15NO5/c1-2-17-13(16)12(15)14-7-6-9-4-3-5-10-11(9)19-8-18-10/h3-5H,2,6-8H2,1H3,(H,14,15). The van der Waals surface area contributed by atoms with E-state index in [1.807, 2.05) is 18.2 Å². The van der Waals surface area contributed by atoms with Gasteiger partial charge in [0.1, 0.15) is 0 Å². The van der Waals surface area contributed by atoms with E-state index in [9.17, 15) is 9.59 Å². The smallest absolute Gasteiger partial charge is 0.396 e. The Balaban J connectivity index is 1.85. The van der Waals surface area contributed by atoms with Crippen molar-refractivity contribution in [2.75, 3.05) is 19.9 Å². The number of carbonyl (C=O) groups is 2. The molecule has 0 saturated carbocycles. The summed E-state index contributed by atoms with van der Waals surface area (Å²) < 4.78 is 15.2. The molecule has 1 aromatic carbocycles. The molecule has 0 fully saturated rings. The van der Waals surface area contributed by atoms with Crippen molar-refractivity contribution in [3.63, 3.8) is 0 Å². The predicted octanol–water partition coefficient (Wildman–Crippen LogP) is 0.637. The van der Waals surface area contributed by atoms with Crippen LogP contribution in [0.3, 0.4) is 0 Å². The van der Waals surface area contributed by atoms with Crippen molar-refractivity contribution >= 4 is 11.9 Å². The van der Waals surface area contributed by atoms with E-state index < -0.39 is 11.9 Å². The lowest BCUT2D eigenvalue weighted by atomic mass is 10.1. The summed E-state index contributed by atoms with van der Waals surface area (Å²) in [5, 5.41) is 2.50. The van der Waals surface area contributed by atoms with Gasteiger partial charge in [-0.1, -0.05) is 12.1 Å². The summed E-state index contributed by atoms with van der Waals surface area (Å²) in [6, 6.07) is 5.57. The average Bonchev–Trinajstić information content (AvgIpc) is 2.88. The van der Waals surface area contributed by atoms with Crippen molar-refractivity contribution in [2.24, 2.45) is 0 Å². The first-order valence-electron chi connectivity index (χ1n) is 6.04. The van der Waals surface area contributed by atoms with E-state index in [1.54, 1.807) is 6.92 Å². The van der Waals surface area contributed by atoms with Crippen LogP contribution in [0, 0.1) is 0 Å². The number of amides is 1. The van der Waals surface area contributed by atoms with Gasteiger partial charge in [-0.25, -0.2) is 4.79 Å². The summed E-state index contributed by atoms with van der Waals surface area (Å²) >= 11 is 0. The van der Waals surface area contributed by atoms with Crippen molar-refractivity contribution in [3.8, 4) is 11.5 Å². The summed E-state index contributed by atoms with van der Waals surface area (Å²) in [5.41, 5.74) is 0.930. The normalized spacial score (nSPS) is 12.1. The van der Waals surface area contributed by atoms with Crippen molar-refractivity contribution in [1.82, 2.24) is 5.32 Å². The van der Waals surface area contributed by atoms with Crippen LogP contribution >= 0.6 is 0 Å². The van der Waals surface area contributed by atoms with E-state index in [2.05, 4.69) is 10.1 Å². The Morgan fingerprint density at radius 1 is 1.37 bits per heavy atom. The molecule has 102 valence electrons. The Bertz CT molecular complexity index is 486. The van der Waals surface area contributed by atoms with Gasteiger partial charge >= 0.3 is 11.9 Å². The molecule has 0 aliphatic carbocycles. The number of carbonyl (C=O) groups excluding carboxylic acids is 2. The van der Waals surface area contributed by atoms with Gasteiger partial charge in [0.15, 0.2) is 11.5 Å². The van der Waals surface area contributed by atoms with Crippen LogP contribution < -0.4 is 14.8 Å². The average molecular weight is 265 g/mol. The second kappa shape index (κ2) is 6.08. The first-order chi connectivity index (χ1) is 9.22. The number of hydrogen-bond acceptors (Lipinski definition) is 5. The first kappa shape index (κ1) is 13.2. The molecule has 0 atom stereocenters. The van der Waals surface area contributed by atoms with Crippen LogP contribution in [0.5, 0.6) is 11.5 Å². The fraction of sp³-hybridized carbons (Fsp3) is 0.385. The van der Waals surface area contributed by atoms with Crippen LogP contribution in [-0.2, 0) is 20.7 Å². The lowest BCUT2D eigenvalue weighted by Crippen LogP contribution is -2.33. The van der Waals surface area contributed by atoms with Crippen LogP contribution in [0.15, 0.2) is 18.2 Å². The van der Waals surface area contributed by atoms with Crippen LogP contribution in [0.2, 0.25) is 0 Å². The Morgan fingerprint density at radius 3 is 3.00 bits per heavy atom. The third-order valence-corrected chi connectivity index (χ3v) is 2.62. The Morgan fingerprint density at radius 2 is 2.21 bits per heavy atom. The zero-order valence-electron chi connectivity index (χ0n) is 10.6. The minimum absolute atomic E-state index is 0.184. The number of rotatable bonds is 4. The molecule has 0 spiro atoms. The Hall–Kier alpha value is -2.24. The van der Waals surface area contributed by atoms with E-state index in [1.165, 1.54) is 0 Å². The predicted molar refractivity (Wildman–Crippen MR) is 65.9 cm³/mol. The number of nitrogens with one attached hydrogen (secondary N) is 1. The third-order valence-electron chi connectivity index (χ3n) is 2.62. The van der Waals surface area contributed by atoms with Gasteiger partial charge in [0.2, 0.25) is 6.79 Å².